The van der Waals surface area contributed by atoms with Crippen molar-refractivity contribution >= 4 is 11.9 Å². The SMILES string of the molecule is CCC(C)(CC)OC1OC(=O)C=CC(=O)O1. The van der Waals surface area contributed by atoms with Gasteiger partial charge in [-0.3, -0.25) is 0 Å². The molecule has 1 aliphatic heterocycles. The highest BCUT2D eigenvalue weighted by Gasteiger charge is 2.30. The van der Waals surface area contributed by atoms with Crippen molar-refractivity contribution < 1.29 is 23.8 Å². The lowest BCUT2D eigenvalue weighted by Crippen LogP contribution is -2.36. The summed E-state index contributed by atoms with van der Waals surface area (Å²) in [6, 6.07) is 0. The standard InChI is InChI=1S/C11H16O5/c1-4-11(3,5-2)16-10-14-8(12)6-7-9(13)15-10/h6-7,10H,4-5H2,1-3H3. The molecule has 0 radical (unpaired) electrons. The first-order valence-corrected chi connectivity index (χ1v) is 5.26. The summed E-state index contributed by atoms with van der Waals surface area (Å²) >= 11 is 0. The van der Waals surface area contributed by atoms with Crippen LogP contribution < -0.4 is 0 Å². The molecule has 0 saturated carbocycles. The van der Waals surface area contributed by atoms with E-state index in [1.54, 1.807) is 0 Å². The van der Waals surface area contributed by atoms with Crippen molar-refractivity contribution in [2.24, 2.45) is 0 Å². The number of cyclic esters (lactones) is 2. The minimum atomic E-state index is -1.26. The Balaban J connectivity index is 2.67. The van der Waals surface area contributed by atoms with Crippen molar-refractivity contribution in [2.45, 2.75) is 45.7 Å². The van der Waals surface area contributed by atoms with Crippen molar-refractivity contribution in [2.75, 3.05) is 0 Å². The highest BCUT2D eigenvalue weighted by molar-refractivity contribution is 5.92. The van der Waals surface area contributed by atoms with Crippen molar-refractivity contribution in [3.8, 4) is 0 Å². The molecule has 16 heavy (non-hydrogen) atoms. The van der Waals surface area contributed by atoms with E-state index in [0.717, 1.165) is 25.0 Å². The summed E-state index contributed by atoms with van der Waals surface area (Å²) < 4.78 is 15.1. The fourth-order valence-corrected chi connectivity index (χ4v) is 1.13. The predicted molar refractivity (Wildman–Crippen MR) is 55.2 cm³/mol. The third-order valence-corrected chi connectivity index (χ3v) is 2.66. The molecule has 0 N–H and O–H groups in total. The Morgan fingerprint density at radius 2 is 1.62 bits per heavy atom. The van der Waals surface area contributed by atoms with Crippen LogP contribution >= 0.6 is 0 Å². The molecule has 0 unspecified atom stereocenters. The molecule has 0 aromatic heterocycles. The molecular weight excluding hydrogens is 212 g/mol. The summed E-state index contributed by atoms with van der Waals surface area (Å²) in [6.07, 6.45) is 3.48. The van der Waals surface area contributed by atoms with E-state index in [-0.39, 0.29) is 0 Å². The molecule has 0 atom stereocenters. The molecule has 5 nitrogen and oxygen atoms in total. The monoisotopic (exact) mass is 228 g/mol. The maximum absolute atomic E-state index is 11.1. The lowest BCUT2D eigenvalue weighted by Gasteiger charge is -2.30. The van der Waals surface area contributed by atoms with Crippen LogP contribution in [-0.4, -0.2) is 24.0 Å². The molecule has 90 valence electrons. The number of ether oxygens (including phenoxy) is 3. The molecule has 0 spiro atoms. The summed E-state index contributed by atoms with van der Waals surface area (Å²) in [5, 5.41) is 0. The van der Waals surface area contributed by atoms with E-state index in [0.29, 0.717) is 0 Å². The molecule has 0 aliphatic carbocycles. The predicted octanol–water partition coefficient (Wildman–Crippen LogP) is 1.52. The van der Waals surface area contributed by atoms with Crippen LogP contribution in [0.25, 0.3) is 0 Å². The van der Waals surface area contributed by atoms with Crippen LogP contribution in [0.4, 0.5) is 0 Å². The summed E-state index contributed by atoms with van der Waals surface area (Å²) in [7, 11) is 0. The first-order valence-electron chi connectivity index (χ1n) is 5.26. The highest BCUT2D eigenvalue weighted by atomic mass is 16.9. The van der Waals surface area contributed by atoms with E-state index < -0.39 is 24.0 Å². The average molecular weight is 228 g/mol. The lowest BCUT2D eigenvalue weighted by atomic mass is 10.0. The largest absolute Gasteiger partial charge is 0.397 e. The topological polar surface area (TPSA) is 61.8 Å². The van der Waals surface area contributed by atoms with Crippen molar-refractivity contribution in [1.82, 2.24) is 0 Å². The number of carbonyl (C=O) groups is 2. The number of esters is 2. The summed E-state index contributed by atoms with van der Waals surface area (Å²) in [5.41, 5.74) is -0.477. The van der Waals surface area contributed by atoms with E-state index in [1.807, 2.05) is 20.8 Å². The summed E-state index contributed by atoms with van der Waals surface area (Å²) in [4.78, 5) is 22.2. The van der Waals surface area contributed by atoms with Gasteiger partial charge in [0.25, 0.3) is 0 Å². The van der Waals surface area contributed by atoms with Gasteiger partial charge in [0.05, 0.1) is 5.60 Å². The first-order chi connectivity index (χ1) is 7.49. The molecule has 1 aliphatic rings. The Morgan fingerprint density at radius 3 is 2.00 bits per heavy atom. The third kappa shape index (κ3) is 3.34. The van der Waals surface area contributed by atoms with Gasteiger partial charge in [-0.2, -0.15) is 0 Å². The fraction of sp³-hybridized carbons (Fsp3) is 0.636. The third-order valence-electron chi connectivity index (χ3n) is 2.66. The van der Waals surface area contributed by atoms with Gasteiger partial charge in [-0.05, 0) is 19.8 Å². The van der Waals surface area contributed by atoms with Gasteiger partial charge in [-0.25, -0.2) is 9.59 Å². The second-order valence-corrected chi connectivity index (χ2v) is 3.77. The molecule has 0 aromatic carbocycles. The molecule has 0 aromatic rings. The summed E-state index contributed by atoms with van der Waals surface area (Å²) in [6.45, 7) is 4.50. The van der Waals surface area contributed by atoms with Gasteiger partial charge >= 0.3 is 18.4 Å². The average Bonchev–Trinajstić information content (AvgIpc) is 2.40. The number of hydrogen-bond acceptors (Lipinski definition) is 5. The van der Waals surface area contributed by atoms with Crippen LogP contribution in [0.2, 0.25) is 0 Å². The molecule has 0 fully saturated rings. The van der Waals surface area contributed by atoms with Gasteiger partial charge in [0.15, 0.2) is 0 Å². The second-order valence-electron chi connectivity index (χ2n) is 3.77. The van der Waals surface area contributed by atoms with Crippen LogP contribution in [0.1, 0.15) is 33.6 Å². The second kappa shape index (κ2) is 5.12. The molecule has 0 amide bonds. The Morgan fingerprint density at radius 1 is 1.19 bits per heavy atom. The molecule has 5 heteroatoms. The minimum absolute atomic E-state index is 0.477. The van der Waals surface area contributed by atoms with Crippen LogP contribution in [0, 0.1) is 0 Å². The lowest BCUT2D eigenvalue weighted by molar-refractivity contribution is -0.294. The molecule has 1 rings (SSSR count). The highest BCUT2D eigenvalue weighted by Crippen LogP contribution is 2.23. The maximum atomic E-state index is 11.1. The Kier molecular flexibility index (Phi) is 4.06. The summed E-state index contributed by atoms with van der Waals surface area (Å²) in [5.74, 6) is -1.30. The zero-order valence-electron chi connectivity index (χ0n) is 9.69. The Labute approximate surface area is 94.4 Å². The Hall–Kier alpha value is -1.36. The van der Waals surface area contributed by atoms with Gasteiger partial charge in [0.2, 0.25) is 0 Å². The first kappa shape index (κ1) is 12.7. The van der Waals surface area contributed by atoms with Crippen LogP contribution in [0.3, 0.4) is 0 Å². The van der Waals surface area contributed by atoms with Crippen LogP contribution in [0.15, 0.2) is 12.2 Å². The van der Waals surface area contributed by atoms with E-state index in [1.165, 1.54) is 0 Å². The van der Waals surface area contributed by atoms with E-state index in [2.05, 4.69) is 0 Å². The maximum Gasteiger partial charge on any atom is 0.366 e. The normalized spacial score (nSPS) is 17.9. The van der Waals surface area contributed by atoms with Gasteiger partial charge in [-0.15, -0.1) is 0 Å². The number of rotatable bonds is 4. The van der Waals surface area contributed by atoms with Crippen LogP contribution in [0.5, 0.6) is 0 Å². The van der Waals surface area contributed by atoms with E-state index >= 15 is 0 Å². The molecule has 0 bridgehead atoms. The van der Waals surface area contributed by atoms with E-state index in [4.69, 9.17) is 14.2 Å². The molecule has 0 saturated heterocycles. The van der Waals surface area contributed by atoms with Gasteiger partial charge in [0, 0.05) is 12.2 Å². The smallest absolute Gasteiger partial charge is 0.366 e. The van der Waals surface area contributed by atoms with Crippen molar-refractivity contribution in [3.05, 3.63) is 12.2 Å². The van der Waals surface area contributed by atoms with Crippen molar-refractivity contribution in [1.29, 1.82) is 0 Å². The quantitative estimate of drug-likeness (QED) is 0.683. The number of carbonyl (C=O) groups excluding carboxylic acids is 2. The van der Waals surface area contributed by atoms with Crippen LogP contribution in [-0.2, 0) is 23.8 Å². The zero-order valence-corrected chi connectivity index (χ0v) is 9.69. The zero-order chi connectivity index (χ0) is 12.2. The van der Waals surface area contributed by atoms with Gasteiger partial charge in [0.1, 0.15) is 0 Å². The Bertz CT molecular complexity index is 283. The van der Waals surface area contributed by atoms with Gasteiger partial charge < -0.3 is 14.2 Å². The van der Waals surface area contributed by atoms with E-state index in [9.17, 15) is 9.59 Å². The van der Waals surface area contributed by atoms with Gasteiger partial charge in [-0.1, -0.05) is 13.8 Å². The molecular formula is C11H16O5. The number of hydrogen-bond donors (Lipinski definition) is 0. The fourth-order valence-electron chi connectivity index (χ4n) is 1.13. The minimum Gasteiger partial charge on any atom is -0.397 e. The van der Waals surface area contributed by atoms with Crippen molar-refractivity contribution in [3.63, 3.8) is 0 Å². The molecule has 1 heterocycles.